The quantitative estimate of drug-likeness (QED) is 0.718. The van der Waals surface area contributed by atoms with Crippen molar-refractivity contribution in [2.24, 2.45) is 9.50 Å². The first-order chi connectivity index (χ1) is 15.3. The van der Waals surface area contributed by atoms with Gasteiger partial charge >= 0.3 is 6.03 Å². The van der Waals surface area contributed by atoms with Crippen molar-refractivity contribution < 1.29 is 27.3 Å². The Morgan fingerprint density at radius 1 is 1.34 bits per heavy atom. The molecule has 2 unspecified atom stereocenters. The Bertz CT molecular complexity index is 1240. The summed E-state index contributed by atoms with van der Waals surface area (Å²) in [6, 6.07) is -0.951. The van der Waals surface area contributed by atoms with E-state index in [2.05, 4.69) is 14.8 Å². The van der Waals surface area contributed by atoms with E-state index in [1.807, 2.05) is 0 Å². The van der Waals surface area contributed by atoms with Crippen LogP contribution in [-0.2, 0) is 46.9 Å². The van der Waals surface area contributed by atoms with Crippen molar-refractivity contribution in [3.05, 3.63) is 34.3 Å². The molecule has 2 aromatic rings. The number of anilines is 1. The fourth-order valence-electron chi connectivity index (χ4n) is 4.71. The molecule has 1 aliphatic heterocycles. The van der Waals surface area contributed by atoms with E-state index in [4.69, 9.17) is 14.6 Å². The summed E-state index contributed by atoms with van der Waals surface area (Å²) in [6.45, 7) is 0.598. The Morgan fingerprint density at radius 2 is 2.09 bits per heavy atom. The van der Waals surface area contributed by atoms with Crippen LogP contribution in [-0.4, -0.2) is 46.0 Å². The van der Waals surface area contributed by atoms with Crippen LogP contribution in [0.2, 0.25) is 0 Å². The van der Waals surface area contributed by atoms with E-state index in [0.717, 1.165) is 6.42 Å². The number of urea groups is 1. The van der Waals surface area contributed by atoms with Crippen LogP contribution in [0.3, 0.4) is 0 Å². The molecule has 1 aromatic heterocycles. The second-order valence-electron chi connectivity index (χ2n) is 8.22. The zero-order valence-electron chi connectivity index (χ0n) is 17.4. The molecule has 9 nitrogen and oxygen atoms in total. The number of methoxy groups -OCH3 is 1. The number of alkyl halides is 1. The van der Waals surface area contributed by atoms with Crippen molar-refractivity contribution in [1.82, 2.24) is 9.78 Å². The molecule has 3 atom stereocenters. The van der Waals surface area contributed by atoms with Gasteiger partial charge in [0.25, 0.3) is 0 Å². The van der Waals surface area contributed by atoms with Crippen molar-refractivity contribution in [1.29, 1.82) is 0 Å². The Hall–Kier alpha value is -2.57. The van der Waals surface area contributed by atoms with Crippen molar-refractivity contribution in [3.63, 3.8) is 0 Å². The van der Waals surface area contributed by atoms with Gasteiger partial charge in [-0.05, 0) is 41.5 Å². The number of carbonyl (C=O) groups is 1. The minimum atomic E-state index is -3.68. The maximum atomic E-state index is 14.8. The lowest BCUT2D eigenvalue weighted by molar-refractivity contribution is 0.0165. The van der Waals surface area contributed by atoms with Gasteiger partial charge in [-0.3, -0.25) is 0 Å². The number of nitrogens with zero attached hydrogens (tertiary/aromatic N) is 3. The fourth-order valence-corrected chi connectivity index (χ4v) is 5.71. The summed E-state index contributed by atoms with van der Waals surface area (Å²) in [5, 5.41) is 12.6. The topological polar surface area (TPSA) is 121 Å². The van der Waals surface area contributed by atoms with E-state index < -0.39 is 22.1 Å². The smallest absolute Gasteiger partial charge is 0.354 e. The van der Waals surface area contributed by atoms with Crippen LogP contribution in [0.4, 0.5) is 19.3 Å². The average Bonchev–Trinajstić information content (AvgIpc) is 3.48. The van der Waals surface area contributed by atoms with E-state index in [-0.39, 0.29) is 42.1 Å². The Labute approximate surface area is 183 Å². The van der Waals surface area contributed by atoms with Gasteiger partial charge < -0.3 is 14.8 Å². The minimum Gasteiger partial charge on any atom is -0.474 e. The monoisotopic (exact) mass is 467 g/mol. The molecule has 0 saturated heterocycles. The van der Waals surface area contributed by atoms with Crippen LogP contribution in [0, 0.1) is 5.82 Å². The summed E-state index contributed by atoms with van der Waals surface area (Å²) in [5.41, 5.74) is 2.27. The Morgan fingerprint density at radius 3 is 2.88 bits per heavy atom. The molecule has 2 aliphatic carbocycles. The van der Waals surface area contributed by atoms with E-state index in [9.17, 15) is 17.8 Å². The zero-order valence-corrected chi connectivity index (χ0v) is 18.2. The summed E-state index contributed by atoms with van der Waals surface area (Å²) < 4.78 is 58.0. The van der Waals surface area contributed by atoms with Crippen molar-refractivity contribution in [2.75, 3.05) is 19.0 Å². The number of amides is 2. The normalized spacial score (nSPS) is 23.0. The third-order valence-corrected chi connectivity index (χ3v) is 7.56. The molecule has 1 aromatic carbocycles. The van der Waals surface area contributed by atoms with Gasteiger partial charge in [-0.25, -0.2) is 27.6 Å². The molecular formula is C20H23F2N5O4S. The Kier molecular flexibility index (Phi) is 5.18. The molecule has 0 bridgehead atoms. The Balaban J connectivity index is 1.47. The number of fused-ring (bicyclic) bond motifs is 3. The molecule has 172 valence electrons. The molecular weight excluding hydrogens is 444 g/mol. The van der Waals surface area contributed by atoms with Crippen LogP contribution >= 0.6 is 0 Å². The number of hydrogen-bond acceptors (Lipinski definition) is 5. The van der Waals surface area contributed by atoms with E-state index in [1.165, 1.54) is 10.9 Å². The predicted molar refractivity (Wildman–Crippen MR) is 111 cm³/mol. The summed E-state index contributed by atoms with van der Waals surface area (Å²) in [7, 11) is -2.14. The lowest BCUT2D eigenvalue weighted by Gasteiger charge is -2.23. The lowest BCUT2D eigenvalue weighted by atomic mass is 9.98. The summed E-state index contributed by atoms with van der Waals surface area (Å²) >= 11 is 0. The third-order valence-electron chi connectivity index (χ3n) is 6.21. The van der Waals surface area contributed by atoms with Gasteiger partial charge in [-0.2, -0.15) is 5.10 Å². The van der Waals surface area contributed by atoms with Gasteiger partial charge in [0.05, 0.1) is 12.7 Å². The van der Waals surface area contributed by atoms with E-state index in [0.29, 0.717) is 47.3 Å². The number of benzene rings is 1. The van der Waals surface area contributed by atoms with Gasteiger partial charge in [0.15, 0.2) is 9.92 Å². The highest BCUT2D eigenvalue weighted by Crippen LogP contribution is 2.41. The molecule has 0 fully saturated rings. The molecule has 3 aliphatic rings. The molecule has 12 heteroatoms. The first kappa shape index (κ1) is 21.3. The van der Waals surface area contributed by atoms with E-state index >= 15 is 0 Å². The SMILES string of the molecule is COC1COc2c(S(N)(=O)=NC(=O)Nc3c4c(c(F)c5c3C[C@@H](F)C5)CCC4)cnn2C1. The third kappa shape index (κ3) is 3.46. The molecule has 32 heavy (non-hydrogen) atoms. The van der Waals surface area contributed by atoms with Crippen LogP contribution in [0.1, 0.15) is 28.7 Å². The highest BCUT2D eigenvalue weighted by atomic mass is 32.2. The number of ether oxygens (including phenoxy) is 2. The molecule has 5 rings (SSSR count). The van der Waals surface area contributed by atoms with Crippen LogP contribution in [0.15, 0.2) is 15.5 Å². The molecule has 2 amide bonds. The first-order valence-electron chi connectivity index (χ1n) is 10.3. The molecule has 0 spiro atoms. The number of halogens is 2. The molecule has 0 saturated carbocycles. The van der Waals surface area contributed by atoms with Gasteiger partial charge in [0.2, 0.25) is 5.88 Å². The number of rotatable bonds is 3. The molecule has 2 heterocycles. The summed E-state index contributed by atoms with van der Waals surface area (Å²) in [5.74, 6) is -0.200. The van der Waals surface area contributed by atoms with Crippen LogP contribution < -0.4 is 15.2 Å². The van der Waals surface area contributed by atoms with Gasteiger partial charge in [0, 0.05) is 25.6 Å². The first-order valence-corrected chi connectivity index (χ1v) is 11.9. The summed E-state index contributed by atoms with van der Waals surface area (Å²) in [4.78, 5) is 12.7. The van der Waals surface area contributed by atoms with Crippen molar-refractivity contribution in [2.45, 2.75) is 55.8 Å². The number of hydrogen-bond donors (Lipinski definition) is 2. The fraction of sp³-hybridized carbons (Fsp3) is 0.500. The van der Waals surface area contributed by atoms with Crippen LogP contribution in [0.5, 0.6) is 5.88 Å². The minimum absolute atomic E-state index is 0.000546. The van der Waals surface area contributed by atoms with Crippen LogP contribution in [0.25, 0.3) is 0 Å². The predicted octanol–water partition coefficient (Wildman–Crippen LogP) is 2.29. The second-order valence-corrected chi connectivity index (χ2v) is 9.98. The molecule has 3 N–H and O–H groups in total. The highest BCUT2D eigenvalue weighted by Gasteiger charge is 2.34. The van der Waals surface area contributed by atoms with Gasteiger partial charge in [0.1, 0.15) is 29.6 Å². The standard InChI is InChI=1S/C20H23F2N5O4S/c1-30-11-8-27-19(31-9-11)16(7-24-27)32(23,29)26-20(28)25-18-13-4-2-3-12(13)17(22)14-5-10(21)6-15(14)18/h7,10-11H,2-6,8-9H2,1H3,(H3,23,25,26,28,29)/t10-,11?,32?/m0/s1. The largest absolute Gasteiger partial charge is 0.474 e. The number of carbonyl (C=O) groups excluding carboxylic acids is 1. The molecule has 0 radical (unpaired) electrons. The highest BCUT2D eigenvalue weighted by molar-refractivity contribution is 7.91. The zero-order chi connectivity index (χ0) is 22.6. The number of aromatic nitrogens is 2. The van der Waals surface area contributed by atoms with Crippen molar-refractivity contribution in [3.8, 4) is 5.88 Å². The van der Waals surface area contributed by atoms with Crippen molar-refractivity contribution >= 4 is 21.6 Å². The second kappa shape index (κ2) is 7.78. The lowest BCUT2D eigenvalue weighted by Crippen LogP contribution is -2.32. The summed E-state index contributed by atoms with van der Waals surface area (Å²) in [6.07, 6.45) is 1.66. The maximum Gasteiger partial charge on any atom is 0.354 e. The number of nitrogens with two attached hydrogens (primary N) is 1. The average molecular weight is 467 g/mol. The van der Waals surface area contributed by atoms with E-state index in [1.54, 1.807) is 7.11 Å². The van der Waals surface area contributed by atoms with Gasteiger partial charge in [-0.15, -0.1) is 4.36 Å². The van der Waals surface area contributed by atoms with Gasteiger partial charge in [-0.1, -0.05) is 0 Å². The number of nitrogens with one attached hydrogen (secondary N) is 1. The maximum absolute atomic E-state index is 14.8.